The quantitative estimate of drug-likeness (QED) is 0.363. The number of nitrogens with two attached hydrogens (primary N) is 1. The number of pyridine rings is 1. The normalized spacial score (nSPS) is 12.1. The largest absolute Gasteiger partial charge is 0.493 e. The average molecular weight is 537 g/mol. The number of nitrogens with one attached hydrogen (secondary N) is 1. The Bertz CT molecular complexity index is 1250. The highest BCUT2D eigenvalue weighted by molar-refractivity contribution is 6.39. The molecule has 12 heteroatoms. The lowest BCUT2D eigenvalue weighted by Gasteiger charge is -2.24. The first kappa shape index (κ1) is 27.1. The van der Waals surface area contributed by atoms with Crippen LogP contribution in [0.5, 0.6) is 11.5 Å². The van der Waals surface area contributed by atoms with Gasteiger partial charge >= 0.3 is 6.09 Å². The molecule has 0 bridgehead atoms. The van der Waals surface area contributed by atoms with E-state index in [9.17, 15) is 9.59 Å². The van der Waals surface area contributed by atoms with Crippen LogP contribution in [0.3, 0.4) is 0 Å². The highest BCUT2D eigenvalue weighted by Gasteiger charge is 2.33. The summed E-state index contributed by atoms with van der Waals surface area (Å²) in [5.74, 6) is 0.316. The van der Waals surface area contributed by atoms with Crippen LogP contribution in [-0.2, 0) is 4.74 Å². The molecule has 36 heavy (non-hydrogen) atoms. The van der Waals surface area contributed by atoms with Gasteiger partial charge in [0, 0.05) is 18.0 Å². The van der Waals surface area contributed by atoms with Gasteiger partial charge in [-0.15, -0.1) is 0 Å². The summed E-state index contributed by atoms with van der Waals surface area (Å²) in [6.45, 7) is 5.81. The van der Waals surface area contributed by atoms with Crippen LogP contribution in [0, 0.1) is 5.41 Å². The Morgan fingerprint density at radius 2 is 1.75 bits per heavy atom. The summed E-state index contributed by atoms with van der Waals surface area (Å²) < 4.78 is 22.0. The lowest BCUT2D eigenvalue weighted by molar-refractivity contribution is 0.0640. The zero-order valence-corrected chi connectivity index (χ0v) is 21.9. The predicted octanol–water partition coefficient (Wildman–Crippen LogP) is 5.89. The Labute approximate surface area is 218 Å². The molecule has 0 aliphatic carbocycles. The molecule has 0 saturated heterocycles. The Morgan fingerprint density at radius 1 is 1.11 bits per heavy atom. The molecular weight excluding hydrogens is 511 g/mol. The van der Waals surface area contributed by atoms with Gasteiger partial charge in [0.1, 0.15) is 0 Å². The molecule has 0 aliphatic rings. The molecule has 0 fully saturated rings. The van der Waals surface area contributed by atoms with Crippen molar-refractivity contribution in [1.82, 2.24) is 9.97 Å². The van der Waals surface area contributed by atoms with Crippen molar-refractivity contribution in [3.05, 3.63) is 52.1 Å². The van der Waals surface area contributed by atoms with E-state index in [2.05, 4.69) is 15.3 Å². The summed E-state index contributed by atoms with van der Waals surface area (Å²) in [6.07, 6.45) is 0.918. The maximum Gasteiger partial charge on any atom is 0.405 e. The monoisotopic (exact) mass is 536 g/mol. The molecule has 10 nitrogen and oxygen atoms in total. The Balaban J connectivity index is 2.14. The van der Waals surface area contributed by atoms with E-state index in [1.807, 2.05) is 20.8 Å². The molecule has 2 amide bonds. The highest BCUT2D eigenvalue weighted by Crippen LogP contribution is 2.38. The van der Waals surface area contributed by atoms with Crippen molar-refractivity contribution in [2.75, 3.05) is 19.5 Å². The Hall–Kier alpha value is -3.50. The van der Waals surface area contributed by atoms with Crippen molar-refractivity contribution in [2.24, 2.45) is 11.1 Å². The van der Waals surface area contributed by atoms with E-state index < -0.39 is 18.1 Å². The van der Waals surface area contributed by atoms with E-state index in [4.69, 9.17) is 47.6 Å². The standard InChI is InChI=1S/C24H26Cl2N4O6/c1-24(2,3)9-17(35-23(27)32)20-19(21(31)29-18-13(25)10-28-11-14(18)26)30-22(36-20)12-6-7-15(33-4)16(8-12)34-5/h6-8,10-11,17H,9H2,1-5H3,(H2,27,32)(H,28,29,31)/t17-/m0/s1. The van der Waals surface area contributed by atoms with Gasteiger partial charge in [0.15, 0.2) is 29.1 Å². The van der Waals surface area contributed by atoms with E-state index in [0.29, 0.717) is 17.1 Å². The van der Waals surface area contributed by atoms with Crippen LogP contribution in [0.2, 0.25) is 10.0 Å². The van der Waals surface area contributed by atoms with Crippen LogP contribution in [0.15, 0.2) is 35.0 Å². The third kappa shape index (κ3) is 6.38. The maximum absolute atomic E-state index is 13.4. The van der Waals surface area contributed by atoms with Crippen molar-refractivity contribution in [1.29, 1.82) is 0 Å². The topological polar surface area (TPSA) is 139 Å². The summed E-state index contributed by atoms with van der Waals surface area (Å²) in [5.41, 5.74) is 5.49. The van der Waals surface area contributed by atoms with Gasteiger partial charge in [0.25, 0.3) is 5.91 Å². The number of aromatic nitrogens is 2. The van der Waals surface area contributed by atoms with Crippen LogP contribution >= 0.6 is 23.2 Å². The molecule has 1 aromatic carbocycles. The summed E-state index contributed by atoms with van der Waals surface area (Å²) in [7, 11) is 3.00. The van der Waals surface area contributed by atoms with Gasteiger partial charge < -0.3 is 29.7 Å². The summed E-state index contributed by atoms with van der Waals surface area (Å²) in [6, 6.07) is 4.99. The fraction of sp³-hybridized carbons (Fsp3) is 0.333. The first-order valence-corrected chi connectivity index (χ1v) is 11.5. The molecule has 0 aliphatic heterocycles. The zero-order chi connectivity index (χ0) is 26.6. The minimum Gasteiger partial charge on any atom is -0.493 e. The number of methoxy groups -OCH3 is 2. The first-order valence-electron chi connectivity index (χ1n) is 10.7. The SMILES string of the molecule is COc1ccc(-c2nc(C(=O)Nc3c(Cl)cncc3Cl)c([C@H](CC(C)(C)C)OC(N)=O)o2)cc1OC. The van der Waals surface area contributed by atoms with Crippen LogP contribution in [0.4, 0.5) is 10.5 Å². The van der Waals surface area contributed by atoms with Gasteiger partial charge in [-0.1, -0.05) is 44.0 Å². The van der Waals surface area contributed by atoms with E-state index in [-0.39, 0.29) is 44.9 Å². The zero-order valence-electron chi connectivity index (χ0n) is 20.3. The number of hydrogen-bond donors (Lipinski definition) is 2. The van der Waals surface area contributed by atoms with Gasteiger partial charge in [0.2, 0.25) is 5.89 Å². The van der Waals surface area contributed by atoms with Crippen molar-refractivity contribution in [2.45, 2.75) is 33.3 Å². The maximum atomic E-state index is 13.4. The van der Waals surface area contributed by atoms with E-state index in [0.717, 1.165) is 0 Å². The number of amides is 2. The van der Waals surface area contributed by atoms with Gasteiger partial charge in [-0.3, -0.25) is 9.78 Å². The Kier molecular flexibility index (Phi) is 8.31. The third-order valence-electron chi connectivity index (χ3n) is 4.94. The molecule has 0 spiro atoms. The van der Waals surface area contributed by atoms with Crippen LogP contribution in [-0.4, -0.2) is 36.2 Å². The lowest BCUT2D eigenvalue weighted by atomic mass is 9.88. The number of hydrogen-bond acceptors (Lipinski definition) is 8. The molecule has 3 N–H and O–H groups in total. The van der Waals surface area contributed by atoms with Gasteiger partial charge in [-0.2, -0.15) is 0 Å². The third-order valence-corrected chi connectivity index (χ3v) is 5.51. The smallest absolute Gasteiger partial charge is 0.405 e. The van der Waals surface area contributed by atoms with E-state index >= 15 is 0 Å². The number of oxazole rings is 1. The number of rotatable bonds is 8. The van der Waals surface area contributed by atoms with Crippen LogP contribution in [0.1, 0.15) is 49.5 Å². The van der Waals surface area contributed by atoms with Crippen molar-refractivity contribution >= 4 is 40.9 Å². The number of carbonyl (C=O) groups excluding carboxylic acids is 2. The molecule has 0 unspecified atom stereocenters. The molecule has 0 saturated carbocycles. The number of primary amides is 1. The second-order valence-corrected chi connectivity index (χ2v) is 9.74. The van der Waals surface area contributed by atoms with Crippen molar-refractivity contribution < 1.29 is 28.2 Å². The number of anilines is 1. The second kappa shape index (κ2) is 11.0. The van der Waals surface area contributed by atoms with Crippen molar-refractivity contribution in [3.8, 4) is 23.0 Å². The first-order chi connectivity index (χ1) is 16.9. The summed E-state index contributed by atoms with van der Waals surface area (Å²) >= 11 is 12.3. The molecule has 2 heterocycles. The highest BCUT2D eigenvalue weighted by atomic mass is 35.5. The van der Waals surface area contributed by atoms with Crippen LogP contribution < -0.4 is 20.5 Å². The second-order valence-electron chi connectivity index (χ2n) is 8.92. The van der Waals surface area contributed by atoms with Gasteiger partial charge in [0.05, 0.1) is 30.0 Å². The fourth-order valence-electron chi connectivity index (χ4n) is 3.39. The minimum absolute atomic E-state index is 0.00677. The number of carbonyl (C=O) groups is 2. The fourth-order valence-corrected chi connectivity index (χ4v) is 3.85. The molecule has 192 valence electrons. The summed E-state index contributed by atoms with van der Waals surface area (Å²) in [5, 5.41) is 2.88. The summed E-state index contributed by atoms with van der Waals surface area (Å²) in [4.78, 5) is 33.4. The molecule has 3 rings (SSSR count). The number of nitrogens with zero attached hydrogens (tertiary/aromatic N) is 2. The number of ether oxygens (including phenoxy) is 3. The van der Waals surface area contributed by atoms with Gasteiger partial charge in [-0.05, 0) is 30.0 Å². The van der Waals surface area contributed by atoms with Crippen LogP contribution in [0.25, 0.3) is 11.5 Å². The average Bonchev–Trinajstić information content (AvgIpc) is 3.25. The van der Waals surface area contributed by atoms with Gasteiger partial charge in [-0.25, -0.2) is 9.78 Å². The van der Waals surface area contributed by atoms with Crippen molar-refractivity contribution in [3.63, 3.8) is 0 Å². The molecular formula is C24H26Cl2N4O6. The molecule has 1 atom stereocenters. The predicted molar refractivity (Wildman–Crippen MR) is 135 cm³/mol. The Morgan fingerprint density at radius 3 is 2.31 bits per heavy atom. The number of halogens is 2. The lowest BCUT2D eigenvalue weighted by Crippen LogP contribution is -2.24. The molecule has 2 aromatic heterocycles. The minimum atomic E-state index is -1.03. The van der Waals surface area contributed by atoms with E-state index in [1.165, 1.54) is 26.6 Å². The molecule has 0 radical (unpaired) electrons. The number of benzene rings is 1. The van der Waals surface area contributed by atoms with E-state index in [1.54, 1.807) is 18.2 Å². The molecule has 3 aromatic rings.